The van der Waals surface area contributed by atoms with E-state index in [1.54, 1.807) is 42.3 Å². The summed E-state index contributed by atoms with van der Waals surface area (Å²) >= 11 is 0. The summed E-state index contributed by atoms with van der Waals surface area (Å²) in [6.07, 6.45) is 4.19. The van der Waals surface area contributed by atoms with Gasteiger partial charge in [0.15, 0.2) is 0 Å². The molecule has 0 aliphatic carbocycles. The number of carbonyl (C=O) groups excluding carboxylic acids is 3. The van der Waals surface area contributed by atoms with Gasteiger partial charge in [-0.05, 0) is 80.5 Å². The van der Waals surface area contributed by atoms with Gasteiger partial charge < -0.3 is 19.9 Å². The smallest absolute Gasteiger partial charge is 0.253 e. The fourth-order valence-corrected chi connectivity index (χ4v) is 4.90. The Kier molecular flexibility index (Phi) is 8.00. The number of nitrogens with one attached hydrogen (secondary N) is 1. The van der Waals surface area contributed by atoms with Crippen molar-refractivity contribution in [3.8, 4) is 5.75 Å². The Morgan fingerprint density at radius 3 is 2.23 bits per heavy atom. The predicted molar refractivity (Wildman–Crippen MR) is 130 cm³/mol. The standard InChI is InChI=1S/C27H32FN3O4/c1-35-23-10-8-20(9-11-23)25(32)29-24(27(34)30-14-3-2-4-15-30)19-12-16-31(17-13-19)26(33)21-6-5-7-22(28)18-21/h5-11,18-19,24H,2-4,12-17H2,1H3,(H,29,32). The highest BCUT2D eigenvalue weighted by molar-refractivity contribution is 5.98. The number of likely N-dealkylation sites (tertiary alicyclic amines) is 2. The third kappa shape index (κ3) is 5.99. The number of halogens is 1. The number of methoxy groups -OCH3 is 1. The number of piperidine rings is 2. The molecular formula is C27H32FN3O4. The number of benzene rings is 2. The van der Waals surface area contributed by atoms with E-state index in [9.17, 15) is 18.8 Å². The molecule has 1 N–H and O–H groups in total. The van der Waals surface area contributed by atoms with E-state index in [-0.39, 0.29) is 23.6 Å². The van der Waals surface area contributed by atoms with Gasteiger partial charge in [-0.25, -0.2) is 4.39 Å². The molecule has 0 radical (unpaired) electrons. The van der Waals surface area contributed by atoms with E-state index in [0.717, 1.165) is 19.3 Å². The van der Waals surface area contributed by atoms with E-state index < -0.39 is 11.9 Å². The van der Waals surface area contributed by atoms with Crippen molar-refractivity contribution in [2.24, 2.45) is 5.92 Å². The number of hydrogen-bond donors (Lipinski definition) is 1. The first-order valence-corrected chi connectivity index (χ1v) is 12.2. The van der Waals surface area contributed by atoms with Crippen LogP contribution < -0.4 is 10.1 Å². The van der Waals surface area contributed by atoms with Crippen LogP contribution >= 0.6 is 0 Å². The third-order valence-corrected chi connectivity index (χ3v) is 6.94. The lowest BCUT2D eigenvalue weighted by Gasteiger charge is -2.38. The van der Waals surface area contributed by atoms with Crippen LogP contribution in [0.15, 0.2) is 48.5 Å². The lowest BCUT2D eigenvalue weighted by molar-refractivity contribution is -0.136. The Bertz CT molecular complexity index is 1040. The highest BCUT2D eigenvalue weighted by Crippen LogP contribution is 2.25. The quantitative estimate of drug-likeness (QED) is 0.685. The third-order valence-electron chi connectivity index (χ3n) is 6.94. The number of nitrogens with zero attached hydrogens (tertiary/aromatic N) is 2. The van der Waals surface area contributed by atoms with Crippen LogP contribution in [-0.4, -0.2) is 66.9 Å². The SMILES string of the molecule is COc1ccc(C(=O)NC(C(=O)N2CCCCC2)C2CCN(C(=O)c3cccc(F)c3)CC2)cc1. The molecule has 186 valence electrons. The molecule has 35 heavy (non-hydrogen) atoms. The van der Waals surface area contributed by atoms with Crippen LogP contribution in [0.3, 0.4) is 0 Å². The first-order chi connectivity index (χ1) is 17.0. The molecule has 2 aliphatic heterocycles. The van der Waals surface area contributed by atoms with Crippen molar-refractivity contribution in [3.05, 3.63) is 65.5 Å². The Morgan fingerprint density at radius 2 is 1.60 bits per heavy atom. The number of carbonyl (C=O) groups is 3. The van der Waals surface area contributed by atoms with E-state index >= 15 is 0 Å². The van der Waals surface area contributed by atoms with Gasteiger partial charge in [-0.1, -0.05) is 6.07 Å². The molecule has 1 atom stereocenters. The summed E-state index contributed by atoms with van der Waals surface area (Å²) in [4.78, 5) is 42.9. The molecule has 2 aromatic carbocycles. The molecule has 0 saturated carbocycles. The summed E-state index contributed by atoms with van der Waals surface area (Å²) in [5.74, 6) is -0.466. The average Bonchev–Trinajstić information content (AvgIpc) is 2.91. The lowest BCUT2D eigenvalue weighted by Crippen LogP contribution is -2.55. The topological polar surface area (TPSA) is 79.0 Å². The van der Waals surface area contributed by atoms with Gasteiger partial charge in [-0.3, -0.25) is 14.4 Å². The van der Waals surface area contributed by atoms with Crippen molar-refractivity contribution in [2.75, 3.05) is 33.3 Å². The summed E-state index contributed by atoms with van der Waals surface area (Å²) in [6, 6.07) is 11.8. The molecule has 8 heteroatoms. The molecule has 0 aromatic heterocycles. The van der Waals surface area contributed by atoms with E-state index in [4.69, 9.17) is 4.74 Å². The van der Waals surface area contributed by atoms with Gasteiger partial charge in [-0.2, -0.15) is 0 Å². The van der Waals surface area contributed by atoms with Crippen molar-refractivity contribution < 1.29 is 23.5 Å². The summed E-state index contributed by atoms with van der Waals surface area (Å²) < 4.78 is 18.7. The van der Waals surface area contributed by atoms with E-state index in [0.29, 0.717) is 55.9 Å². The van der Waals surface area contributed by atoms with Crippen LogP contribution in [-0.2, 0) is 4.79 Å². The Labute approximate surface area is 205 Å². The van der Waals surface area contributed by atoms with Crippen molar-refractivity contribution in [1.29, 1.82) is 0 Å². The van der Waals surface area contributed by atoms with Crippen molar-refractivity contribution in [3.63, 3.8) is 0 Å². The Morgan fingerprint density at radius 1 is 0.914 bits per heavy atom. The van der Waals surface area contributed by atoms with Gasteiger partial charge in [0, 0.05) is 37.3 Å². The lowest BCUT2D eigenvalue weighted by atomic mass is 9.87. The zero-order valence-electron chi connectivity index (χ0n) is 20.0. The first kappa shape index (κ1) is 24.7. The number of amides is 3. The van der Waals surface area contributed by atoms with Crippen molar-refractivity contribution >= 4 is 17.7 Å². The van der Waals surface area contributed by atoms with E-state index in [1.165, 1.54) is 18.2 Å². The van der Waals surface area contributed by atoms with Gasteiger partial charge >= 0.3 is 0 Å². The zero-order chi connectivity index (χ0) is 24.8. The van der Waals surface area contributed by atoms with Crippen molar-refractivity contribution in [1.82, 2.24) is 15.1 Å². The molecule has 2 saturated heterocycles. The molecule has 2 aliphatic rings. The minimum Gasteiger partial charge on any atom is -0.497 e. The molecule has 4 rings (SSSR count). The monoisotopic (exact) mass is 481 g/mol. The summed E-state index contributed by atoms with van der Waals surface area (Å²) in [5.41, 5.74) is 0.776. The van der Waals surface area contributed by atoms with E-state index in [1.807, 2.05) is 4.90 Å². The molecule has 0 bridgehead atoms. The minimum absolute atomic E-state index is 0.0542. The second-order valence-electron chi connectivity index (χ2n) is 9.21. The van der Waals surface area contributed by atoms with Crippen LogP contribution in [0.2, 0.25) is 0 Å². The minimum atomic E-state index is -0.658. The molecule has 3 amide bonds. The van der Waals surface area contributed by atoms with Crippen LogP contribution in [0, 0.1) is 11.7 Å². The number of rotatable bonds is 6. The van der Waals surface area contributed by atoms with Crippen molar-refractivity contribution in [2.45, 2.75) is 38.1 Å². The maximum atomic E-state index is 13.6. The predicted octanol–water partition coefficient (Wildman–Crippen LogP) is 3.50. The number of ether oxygens (including phenoxy) is 1. The highest BCUT2D eigenvalue weighted by Gasteiger charge is 2.36. The highest BCUT2D eigenvalue weighted by atomic mass is 19.1. The fraction of sp³-hybridized carbons (Fsp3) is 0.444. The first-order valence-electron chi connectivity index (χ1n) is 12.2. The zero-order valence-corrected chi connectivity index (χ0v) is 20.0. The normalized spacial score (nSPS) is 17.5. The molecular weight excluding hydrogens is 449 g/mol. The molecule has 0 spiro atoms. The molecule has 2 heterocycles. The molecule has 2 fully saturated rings. The van der Waals surface area contributed by atoms with Crippen LogP contribution in [0.1, 0.15) is 52.8 Å². The largest absolute Gasteiger partial charge is 0.497 e. The fourth-order valence-electron chi connectivity index (χ4n) is 4.90. The average molecular weight is 482 g/mol. The summed E-state index contributed by atoms with van der Waals surface area (Å²) in [5, 5.41) is 3.00. The molecule has 2 aromatic rings. The van der Waals surface area contributed by atoms with Crippen LogP contribution in [0.25, 0.3) is 0 Å². The second kappa shape index (κ2) is 11.3. The van der Waals surface area contributed by atoms with Gasteiger partial charge in [0.25, 0.3) is 11.8 Å². The van der Waals surface area contributed by atoms with Crippen LogP contribution in [0.5, 0.6) is 5.75 Å². The molecule has 7 nitrogen and oxygen atoms in total. The summed E-state index contributed by atoms with van der Waals surface area (Å²) in [7, 11) is 1.56. The van der Waals surface area contributed by atoms with Gasteiger partial charge in [0.2, 0.25) is 5.91 Å². The maximum absolute atomic E-state index is 13.6. The second-order valence-corrected chi connectivity index (χ2v) is 9.21. The van der Waals surface area contributed by atoms with Gasteiger partial charge in [-0.15, -0.1) is 0 Å². The van der Waals surface area contributed by atoms with Gasteiger partial charge in [0.05, 0.1) is 7.11 Å². The molecule has 1 unspecified atom stereocenters. The summed E-state index contributed by atoms with van der Waals surface area (Å²) in [6.45, 7) is 2.29. The Balaban J connectivity index is 1.46. The Hall–Kier alpha value is -3.42. The van der Waals surface area contributed by atoms with Gasteiger partial charge in [0.1, 0.15) is 17.6 Å². The maximum Gasteiger partial charge on any atom is 0.253 e. The van der Waals surface area contributed by atoms with E-state index in [2.05, 4.69) is 5.32 Å². The van der Waals surface area contributed by atoms with Crippen LogP contribution in [0.4, 0.5) is 4.39 Å². The number of hydrogen-bond acceptors (Lipinski definition) is 4.